The molecule has 1 N–H and O–H groups in total. The number of rotatable bonds is 7. The van der Waals surface area contributed by atoms with E-state index < -0.39 is 0 Å². The molecule has 104 valence electrons. The van der Waals surface area contributed by atoms with Crippen molar-refractivity contribution in [3.8, 4) is 0 Å². The topological polar surface area (TPSA) is 29.9 Å². The first-order valence-electron chi connectivity index (χ1n) is 7.20. The van der Waals surface area contributed by atoms with Crippen LogP contribution in [-0.2, 0) is 13.0 Å². The largest absolute Gasteiger partial charge is 0.314 e. The molecule has 0 aromatic carbocycles. The Morgan fingerprint density at radius 3 is 2.44 bits per heavy atom. The fourth-order valence-electron chi connectivity index (χ4n) is 2.24. The standard InChI is InChI=1S/C15H29N3/c1-7-18-15(8-13(6)17-18)9-14(11(2)3)10-16-12(4)5/h8,11-12,14,16H,7,9-10H2,1-6H3. The molecule has 3 heteroatoms. The summed E-state index contributed by atoms with van der Waals surface area (Å²) in [7, 11) is 0. The van der Waals surface area contributed by atoms with Gasteiger partial charge in [-0.25, -0.2) is 0 Å². The number of aromatic nitrogens is 2. The van der Waals surface area contributed by atoms with Crippen LogP contribution in [0.2, 0.25) is 0 Å². The molecule has 1 atom stereocenters. The van der Waals surface area contributed by atoms with Gasteiger partial charge in [-0.2, -0.15) is 5.10 Å². The van der Waals surface area contributed by atoms with Gasteiger partial charge in [-0.15, -0.1) is 0 Å². The maximum Gasteiger partial charge on any atom is 0.0596 e. The Balaban J connectivity index is 2.70. The van der Waals surface area contributed by atoms with Crippen molar-refractivity contribution in [2.24, 2.45) is 11.8 Å². The van der Waals surface area contributed by atoms with E-state index in [9.17, 15) is 0 Å². The maximum absolute atomic E-state index is 4.53. The number of hydrogen-bond donors (Lipinski definition) is 1. The molecule has 1 aromatic rings. The molecule has 1 heterocycles. The highest BCUT2D eigenvalue weighted by Crippen LogP contribution is 2.17. The second-order valence-corrected chi connectivity index (χ2v) is 5.86. The van der Waals surface area contributed by atoms with Gasteiger partial charge in [0.15, 0.2) is 0 Å². The third-order valence-electron chi connectivity index (χ3n) is 3.49. The molecular weight excluding hydrogens is 222 g/mol. The Bertz CT molecular complexity index is 353. The van der Waals surface area contributed by atoms with E-state index in [1.807, 2.05) is 0 Å². The molecule has 0 aliphatic heterocycles. The molecule has 0 aliphatic rings. The maximum atomic E-state index is 4.53. The minimum absolute atomic E-state index is 0.559. The van der Waals surface area contributed by atoms with Crippen LogP contribution in [0.3, 0.4) is 0 Å². The Morgan fingerprint density at radius 2 is 1.94 bits per heavy atom. The molecule has 0 fully saturated rings. The van der Waals surface area contributed by atoms with Crippen molar-refractivity contribution in [2.45, 2.75) is 60.5 Å². The van der Waals surface area contributed by atoms with E-state index in [-0.39, 0.29) is 0 Å². The van der Waals surface area contributed by atoms with Crippen LogP contribution in [0.4, 0.5) is 0 Å². The fraction of sp³-hybridized carbons (Fsp3) is 0.800. The predicted octanol–water partition coefficient (Wildman–Crippen LogP) is 3.02. The zero-order chi connectivity index (χ0) is 13.7. The molecule has 0 saturated heterocycles. The van der Waals surface area contributed by atoms with Gasteiger partial charge in [0.05, 0.1) is 5.69 Å². The Labute approximate surface area is 112 Å². The lowest BCUT2D eigenvalue weighted by molar-refractivity contribution is 0.341. The average Bonchev–Trinajstić information content (AvgIpc) is 2.64. The van der Waals surface area contributed by atoms with E-state index in [0.29, 0.717) is 17.9 Å². The summed E-state index contributed by atoms with van der Waals surface area (Å²) < 4.78 is 2.14. The molecule has 0 amide bonds. The van der Waals surface area contributed by atoms with Gasteiger partial charge < -0.3 is 5.32 Å². The van der Waals surface area contributed by atoms with Crippen LogP contribution in [0, 0.1) is 18.8 Å². The van der Waals surface area contributed by atoms with Crippen LogP contribution in [0.25, 0.3) is 0 Å². The van der Waals surface area contributed by atoms with E-state index in [4.69, 9.17) is 0 Å². The van der Waals surface area contributed by atoms with Gasteiger partial charge in [0, 0.05) is 18.3 Å². The molecule has 0 bridgehead atoms. The summed E-state index contributed by atoms with van der Waals surface area (Å²) in [5.41, 5.74) is 2.51. The lowest BCUT2D eigenvalue weighted by atomic mass is 9.90. The van der Waals surface area contributed by atoms with E-state index in [1.165, 1.54) is 5.69 Å². The average molecular weight is 251 g/mol. The van der Waals surface area contributed by atoms with Crippen LogP contribution in [0.1, 0.15) is 46.0 Å². The van der Waals surface area contributed by atoms with Crippen molar-refractivity contribution in [2.75, 3.05) is 6.54 Å². The van der Waals surface area contributed by atoms with Gasteiger partial charge >= 0.3 is 0 Å². The monoisotopic (exact) mass is 251 g/mol. The van der Waals surface area contributed by atoms with Crippen molar-refractivity contribution in [3.05, 3.63) is 17.5 Å². The van der Waals surface area contributed by atoms with Crippen LogP contribution in [0.15, 0.2) is 6.07 Å². The summed E-state index contributed by atoms with van der Waals surface area (Å²) in [5.74, 6) is 1.37. The highest BCUT2D eigenvalue weighted by atomic mass is 15.3. The molecule has 3 nitrogen and oxygen atoms in total. The minimum Gasteiger partial charge on any atom is -0.314 e. The Hall–Kier alpha value is -0.830. The zero-order valence-corrected chi connectivity index (χ0v) is 12.8. The first kappa shape index (κ1) is 15.2. The smallest absolute Gasteiger partial charge is 0.0596 e. The minimum atomic E-state index is 0.559. The van der Waals surface area contributed by atoms with Gasteiger partial charge in [-0.1, -0.05) is 27.7 Å². The predicted molar refractivity (Wildman–Crippen MR) is 77.8 cm³/mol. The van der Waals surface area contributed by atoms with Crippen molar-refractivity contribution < 1.29 is 0 Å². The lowest BCUT2D eigenvalue weighted by Crippen LogP contribution is -2.32. The highest BCUT2D eigenvalue weighted by Gasteiger charge is 2.17. The van der Waals surface area contributed by atoms with Crippen molar-refractivity contribution in [1.82, 2.24) is 15.1 Å². The quantitative estimate of drug-likeness (QED) is 0.807. The van der Waals surface area contributed by atoms with E-state index >= 15 is 0 Å². The molecule has 1 rings (SSSR count). The molecule has 1 aromatic heterocycles. The Morgan fingerprint density at radius 1 is 1.28 bits per heavy atom. The third-order valence-corrected chi connectivity index (χ3v) is 3.49. The van der Waals surface area contributed by atoms with Gasteiger partial charge in [-0.3, -0.25) is 4.68 Å². The first-order chi connectivity index (χ1) is 8.43. The highest BCUT2D eigenvalue weighted by molar-refractivity contribution is 5.10. The second-order valence-electron chi connectivity index (χ2n) is 5.86. The number of aryl methyl sites for hydroxylation is 2. The lowest BCUT2D eigenvalue weighted by Gasteiger charge is -2.23. The van der Waals surface area contributed by atoms with Crippen LogP contribution >= 0.6 is 0 Å². The second kappa shape index (κ2) is 6.93. The Kier molecular flexibility index (Phi) is 5.86. The summed E-state index contributed by atoms with van der Waals surface area (Å²) in [6, 6.07) is 2.79. The van der Waals surface area contributed by atoms with E-state index in [0.717, 1.165) is 25.2 Å². The number of nitrogens with zero attached hydrogens (tertiary/aromatic N) is 2. The van der Waals surface area contributed by atoms with Crippen molar-refractivity contribution in [3.63, 3.8) is 0 Å². The molecule has 0 radical (unpaired) electrons. The molecule has 1 unspecified atom stereocenters. The van der Waals surface area contributed by atoms with Gasteiger partial charge in [0.2, 0.25) is 0 Å². The summed E-state index contributed by atoms with van der Waals surface area (Å²) in [6.45, 7) is 15.3. The molecular formula is C15H29N3. The number of nitrogens with one attached hydrogen (secondary N) is 1. The van der Waals surface area contributed by atoms with E-state index in [2.05, 4.69) is 62.7 Å². The van der Waals surface area contributed by atoms with Crippen LogP contribution < -0.4 is 5.32 Å². The van der Waals surface area contributed by atoms with Gasteiger partial charge in [0.25, 0.3) is 0 Å². The summed E-state index contributed by atoms with van der Waals surface area (Å²) in [4.78, 5) is 0. The summed E-state index contributed by atoms with van der Waals surface area (Å²) >= 11 is 0. The molecule has 0 spiro atoms. The molecule has 0 saturated carbocycles. The van der Waals surface area contributed by atoms with Crippen LogP contribution in [-0.4, -0.2) is 22.4 Å². The molecule has 0 aliphatic carbocycles. The first-order valence-corrected chi connectivity index (χ1v) is 7.20. The fourth-order valence-corrected chi connectivity index (χ4v) is 2.24. The summed E-state index contributed by atoms with van der Waals surface area (Å²) in [5, 5.41) is 8.09. The van der Waals surface area contributed by atoms with Crippen LogP contribution in [0.5, 0.6) is 0 Å². The molecule has 18 heavy (non-hydrogen) atoms. The van der Waals surface area contributed by atoms with Gasteiger partial charge in [0.1, 0.15) is 0 Å². The number of hydrogen-bond acceptors (Lipinski definition) is 2. The SMILES string of the molecule is CCn1nc(C)cc1CC(CNC(C)C)C(C)C. The van der Waals surface area contributed by atoms with E-state index in [1.54, 1.807) is 0 Å². The van der Waals surface area contributed by atoms with Crippen molar-refractivity contribution in [1.29, 1.82) is 0 Å². The summed E-state index contributed by atoms with van der Waals surface area (Å²) in [6.07, 6.45) is 1.12. The normalized spacial score (nSPS) is 13.6. The van der Waals surface area contributed by atoms with Crippen molar-refractivity contribution >= 4 is 0 Å². The zero-order valence-electron chi connectivity index (χ0n) is 12.8. The van der Waals surface area contributed by atoms with Gasteiger partial charge in [-0.05, 0) is 44.7 Å². The third kappa shape index (κ3) is 4.45.